The lowest BCUT2D eigenvalue weighted by Crippen LogP contribution is -2.30. The lowest BCUT2D eigenvalue weighted by molar-refractivity contribution is -0.116. The van der Waals surface area contributed by atoms with E-state index in [4.69, 9.17) is 0 Å². The molecule has 6 heteroatoms. The van der Waals surface area contributed by atoms with Crippen molar-refractivity contribution in [2.45, 2.75) is 32.7 Å². The third-order valence-corrected chi connectivity index (χ3v) is 6.91. The summed E-state index contributed by atoms with van der Waals surface area (Å²) in [5.41, 5.74) is 6.61. The van der Waals surface area contributed by atoms with Gasteiger partial charge in [-0.1, -0.05) is 36.9 Å². The zero-order chi connectivity index (χ0) is 21.3. The third kappa shape index (κ3) is 4.44. The normalized spacial score (nSPS) is 17.4. The summed E-state index contributed by atoms with van der Waals surface area (Å²) < 4.78 is 3.43. The van der Waals surface area contributed by atoms with Crippen LogP contribution in [0.5, 0.6) is 0 Å². The molecular formula is C24H24IN3OS. The Bertz CT molecular complexity index is 1120. The van der Waals surface area contributed by atoms with E-state index >= 15 is 0 Å². The van der Waals surface area contributed by atoms with Crippen LogP contribution in [0.25, 0.3) is 11.8 Å². The van der Waals surface area contributed by atoms with Crippen LogP contribution in [-0.4, -0.2) is 16.0 Å². The molecule has 4 nitrogen and oxygen atoms in total. The number of thioether (sulfide) groups is 1. The first-order chi connectivity index (χ1) is 14.4. The predicted molar refractivity (Wildman–Crippen MR) is 135 cm³/mol. The topological polar surface area (TPSA) is 46.1 Å². The monoisotopic (exact) mass is 529 g/mol. The number of nitrogens with zero attached hydrogens (tertiary/aromatic N) is 1. The summed E-state index contributed by atoms with van der Waals surface area (Å²) in [6, 6.07) is 18.9. The first-order valence-corrected chi connectivity index (χ1v) is 11.9. The van der Waals surface area contributed by atoms with Gasteiger partial charge in [0.2, 0.25) is 0 Å². The fraction of sp³-hybridized carbons (Fsp3) is 0.208. The van der Waals surface area contributed by atoms with E-state index < -0.39 is 0 Å². The van der Waals surface area contributed by atoms with Gasteiger partial charge < -0.3 is 15.2 Å². The van der Waals surface area contributed by atoms with Crippen molar-refractivity contribution < 1.29 is 4.79 Å². The molecule has 0 saturated carbocycles. The summed E-state index contributed by atoms with van der Waals surface area (Å²) in [5.74, 6) is -0.0401. The van der Waals surface area contributed by atoms with Gasteiger partial charge in [-0.3, -0.25) is 4.79 Å². The minimum Gasteiger partial charge on any atom is -0.357 e. The van der Waals surface area contributed by atoms with Gasteiger partial charge in [-0.25, -0.2) is 0 Å². The number of carbonyl (C=O) groups is 1. The van der Waals surface area contributed by atoms with Gasteiger partial charge in [0, 0.05) is 26.3 Å². The minimum absolute atomic E-state index is 0.0401. The highest BCUT2D eigenvalue weighted by Gasteiger charge is 2.27. The van der Waals surface area contributed by atoms with Crippen LogP contribution in [0, 0.1) is 17.4 Å². The van der Waals surface area contributed by atoms with Gasteiger partial charge in [0.25, 0.3) is 5.91 Å². The Morgan fingerprint density at radius 1 is 1.17 bits per heavy atom. The van der Waals surface area contributed by atoms with Crippen molar-refractivity contribution in [3.05, 3.63) is 85.6 Å². The smallest absolute Gasteiger partial charge is 0.260 e. The molecular weight excluding hydrogens is 505 g/mol. The van der Waals surface area contributed by atoms with Gasteiger partial charge in [-0.2, -0.15) is 0 Å². The molecule has 0 spiro atoms. The van der Waals surface area contributed by atoms with Crippen LogP contribution < -0.4 is 10.6 Å². The maximum Gasteiger partial charge on any atom is 0.260 e. The van der Waals surface area contributed by atoms with Crippen LogP contribution >= 0.6 is 34.4 Å². The summed E-state index contributed by atoms with van der Waals surface area (Å²) in [4.78, 5) is 13.3. The number of aryl methyl sites for hydroxylation is 2. The number of nitrogens with one attached hydrogen (secondary N) is 2. The quantitative estimate of drug-likeness (QED) is 0.322. The van der Waals surface area contributed by atoms with Crippen molar-refractivity contribution >= 4 is 52.0 Å². The van der Waals surface area contributed by atoms with E-state index in [9.17, 15) is 4.79 Å². The molecule has 0 radical (unpaired) electrons. The molecule has 2 heterocycles. The predicted octanol–water partition coefficient (Wildman–Crippen LogP) is 5.86. The van der Waals surface area contributed by atoms with Crippen LogP contribution in [0.3, 0.4) is 0 Å². The molecule has 4 rings (SSSR count). The van der Waals surface area contributed by atoms with Gasteiger partial charge in [0.05, 0.1) is 4.91 Å². The van der Waals surface area contributed by atoms with Gasteiger partial charge >= 0.3 is 0 Å². The number of rotatable bonds is 5. The largest absolute Gasteiger partial charge is 0.357 e. The zero-order valence-electron chi connectivity index (χ0n) is 17.2. The maximum absolute atomic E-state index is 12.5. The van der Waals surface area contributed by atoms with Gasteiger partial charge in [0.1, 0.15) is 0 Å². The number of hydrogen-bond donors (Lipinski definition) is 2. The summed E-state index contributed by atoms with van der Waals surface area (Å²) in [6.45, 7) is 6.34. The molecule has 0 bridgehead atoms. The Balaban J connectivity index is 1.55. The van der Waals surface area contributed by atoms with Gasteiger partial charge in [0.15, 0.2) is 5.50 Å². The van der Waals surface area contributed by atoms with Crippen LogP contribution in [0.2, 0.25) is 0 Å². The van der Waals surface area contributed by atoms with E-state index in [1.807, 2.05) is 6.08 Å². The lowest BCUT2D eigenvalue weighted by atomic mass is 10.1. The Morgan fingerprint density at radius 2 is 1.93 bits per heavy atom. The van der Waals surface area contributed by atoms with Crippen molar-refractivity contribution in [1.29, 1.82) is 0 Å². The van der Waals surface area contributed by atoms with E-state index in [2.05, 4.69) is 113 Å². The molecule has 1 aliphatic rings. The second-order valence-electron chi connectivity index (χ2n) is 7.32. The van der Waals surface area contributed by atoms with E-state index in [0.29, 0.717) is 0 Å². The first-order valence-electron chi connectivity index (χ1n) is 9.94. The molecule has 2 N–H and O–H groups in total. The molecule has 2 aromatic carbocycles. The molecule has 0 aliphatic carbocycles. The number of hydrogen-bond acceptors (Lipinski definition) is 3. The Labute approximate surface area is 195 Å². The second kappa shape index (κ2) is 8.89. The fourth-order valence-electron chi connectivity index (χ4n) is 3.64. The molecule has 1 aromatic heterocycles. The van der Waals surface area contributed by atoms with E-state index in [1.54, 1.807) is 0 Å². The van der Waals surface area contributed by atoms with E-state index in [0.717, 1.165) is 39.7 Å². The lowest BCUT2D eigenvalue weighted by Gasteiger charge is -2.12. The van der Waals surface area contributed by atoms with Crippen LogP contribution in [0.15, 0.2) is 59.5 Å². The molecule has 1 saturated heterocycles. The highest BCUT2D eigenvalue weighted by molar-refractivity contribution is 14.1. The van der Waals surface area contributed by atoms with Crippen LogP contribution in [0.4, 0.5) is 5.69 Å². The number of anilines is 1. The fourth-order valence-corrected chi connectivity index (χ4v) is 5.14. The summed E-state index contributed by atoms with van der Waals surface area (Å²) in [7, 11) is 0. The Morgan fingerprint density at radius 3 is 2.63 bits per heavy atom. The summed E-state index contributed by atoms with van der Waals surface area (Å²) >= 11 is 3.85. The number of benzene rings is 2. The SMILES string of the molecule is CCc1ccc(N[C@@H]2NC(=O)/C(=C/c3cc(C)n(-c4cccc(I)c4)c3C)S2)cc1. The van der Waals surface area contributed by atoms with Crippen LogP contribution in [-0.2, 0) is 11.2 Å². The van der Waals surface area contributed by atoms with Gasteiger partial charge in [-0.15, -0.1) is 0 Å². The highest BCUT2D eigenvalue weighted by Crippen LogP contribution is 2.32. The number of amides is 1. The van der Waals surface area contributed by atoms with Crippen molar-refractivity contribution in [2.24, 2.45) is 0 Å². The summed E-state index contributed by atoms with van der Waals surface area (Å²) in [6.07, 6.45) is 3.01. The molecule has 1 amide bonds. The summed E-state index contributed by atoms with van der Waals surface area (Å²) in [5, 5.41) is 6.40. The van der Waals surface area contributed by atoms with Gasteiger partial charge in [-0.05, 0) is 96.5 Å². The molecule has 1 aliphatic heterocycles. The van der Waals surface area contributed by atoms with Crippen LogP contribution in [0.1, 0.15) is 29.4 Å². The van der Waals surface area contributed by atoms with E-state index in [-0.39, 0.29) is 11.4 Å². The molecule has 30 heavy (non-hydrogen) atoms. The standard InChI is InChI=1S/C24H24IN3OS/c1-4-17-8-10-20(11-9-17)26-24-27-23(29)22(30-24)13-18-12-15(2)28(16(18)3)21-7-5-6-19(25)14-21/h5-14,24,26H,4H2,1-3H3,(H,27,29)/b22-13-/t24-/m1/s1. The molecule has 0 unspecified atom stereocenters. The highest BCUT2D eigenvalue weighted by atomic mass is 127. The Hall–Kier alpha value is -2.19. The minimum atomic E-state index is -0.171. The zero-order valence-corrected chi connectivity index (χ0v) is 20.2. The average molecular weight is 529 g/mol. The van der Waals surface area contributed by atoms with Crippen molar-refractivity contribution in [2.75, 3.05) is 5.32 Å². The molecule has 1 fully saturated rings. The second-order valence-corrected chi connectivity index (χ2v) is 9.71. The number of carbonyl (C=O) groups excluding carboxylic acids is 1. The van der Waals surface area contributed by atoms with Crippen molar-refractivity contribution in [1.82, 2.24) is 9.88 Å². The first kappa shape index (κ1) is 21.1. The Kier molecular flexibility index (Phi) is 6.24. The van der Waals surface area contributed by atoms with E-state index in [1.165, 1.54) is 20.9 Å². The average Bonchev–Trinajstić information content (AvgIpc) is 3.20. The maximum atomic E-state index is 12.5. The third-order valence-electron chi connectivity index (χ3n) is 5.21. The molecule has 1 atom stereocenters. The number of aromatic nitrogens is 1. The van der Waals surface area contributed by atoms with Crippen molar-refractivity contribution in [3.8, 4) is 5.69 Å². The number of halogens is 1. The van der Waals surface area contributed by atoms with Crippen molar-refractivity contribution in [3.63, 3.8) is 0 Å². The molecule has 3 aromatic rings. The molecule has 154 valence electrons.